The number of hydrogen-bond donors (Lipinski definition) is 1. The lowest BCUT2D eigenvalue weighted by Gasteiger charge is -2.40. The summed E-state index contributed by atoms with van der Waals surface area (Å²) in [6.07, 6.45) is -0.506. The Kier molecular flexibility index (Phi) is 5.98. The number of ether oxygens (including phenoxy) is 4. The van der Waals surface area contributed by atoms with E-state index < -0.39 is 35.4 Å². The Labute approximate surface area is 184 Å². The Morgan fingerprint density at radius 2 is 1.75 bits per heavy atom. The molecule has 10 heteroatoms. The molecule has 0 radical (unpaired) electrons. The first-order chi connectivity index (χ1) is 15.1. The number of cyclic esters (lactones) is 1. The zero-order valence-corrected chi connectivity index (χ0v) is 18.4. The van der Waals surface area contributed by atoms with Crippen molar-refractivity contribution in [3.05, 3.63) is 52.6 Å². The molecular weight excluding hydrogens is 420 g/mol. The van der Waals surface area contributed by atoms with Crippen LogP contribution in [0.5, 0.6) is 0 Å². The summed E-state index contributed by atoms with van der Waals surface area (Å²) < 4.78 is 20.4. The third-order valence-corrected chi connectivity index (χ3v) is 5.25. The molecule has 0 aliphatic carbocycles. The molecule has 0 unspecified atom stereocenters. The van der Waals surface area contributed by atoms with Crippen molar-refractivity contribution in [3.8, 4) is 0 Å². The lowest BCUT2D eigenvalue weighted by Crippen LogP contribution is -2.51. The van der Waals surface area contributed by atoms with Gasteiger partial charge in [0.05, 0.1) is 20.3 Å². The minimum atomic E-state index is -2.03. The second-order valence-corrected chi connectivity index (χ2v) is 7.46. The predicted octanol–water partition coefficient (Wildman–Crippen LogP) is 1.04. The van der Waals surface area contributed by atoms with Crippen LogP contribution >= 0.6 is 0 Å². The van der Waals surface area contributed by atoms with Crippen LogP contribution in [0, 0.1) is 0 Å². The van der Waals surface area contributed by atoms with Crippen LogP contribution in [0.3, 0.4) is 0 Å². The molecule has 2 aliphatic heterocycles. The molecule has 2 heterocycles. The maximum Gasteiger partial charge on any atom is 0.339 e. The number of hydrogen-bond acceptors (Lipinski definition) is 10. The molecule has 170 valence electrons. The fourth-order valence-corrected chi connectivity index (χ4v) is 4.02. The Bertz CT molecular complexity index is 1070. The zero-order valence-electron chi connectivity index (χ0n) is 18.4. The molecule has 0 saturated heterocycles. The Morgan fingerprint density at radius 3 is 2.34 bits per heavy atom. The van der Waals surface area contributed by atoms with Crippen molar-refractivity contribution in [2.45, 2.75) is 32.3 Å². The van der Waals surface area contributed by atoms with Gasteiger partial charge in [-0.1, -0.05) is 18.2 Å². The van der Waals surface area contributed by atoms with Crippen molar-refractivity contribution < 1.29 is 38.1 Å². The number of carbonyl (C=O) groups is 4. The van der Waals surface area contributed by atoms with E-state index in [1.165, 1.54) is 18.9 Å². The highest BCUT2D eigenvalue weighted by molar-refractivity contribution is 6.16. The molecule has 32 heavy (non-hydrogen) atoms. The normalized spacial score (nSPS) is 19.8. The monoisotopic (exact) mass is 444 g/mol. The van der Waals surface area contributed by atoms with E-state index in [2.05, 4.69) is 0 Å². The molecule has 2 aliphatic rings. The summed E-state index contributed by atoms with van der Waals surface area (Å²) in [7, 11) is 2.33. The maximum atomic E-state index is 13.4. The molecular formula is C22H24N2O8. The largest absolute Gasteiger partial charge is 0.468 e. The standard InChI is InChI=1S/C22H24N2O8/c1-11(2)31-20(27)16-12(3)32-21(28)22(16)13-8-6-7-9-14(13)24(10-15(25)29-4)18(23)17(22)19(26)30-5/h6-9,11H,10,23H2,1-5H3/t22-/m0/s1. The van der Waals surface area contributed by atoms with Crippen LogP contribution in [0.15, 0.2) is 47.0 Å². The van der Waals surface area contributed by atoms with Gasteiger partial charge in [-0.2, -0.15) is 0 Å². The van der Waals surface area contributed by atoms with Gasteiger partial charge in [0.2, 0.25) is 0 Å². The highest BCUT2D eigenvalue weighted by atomic mass is 16.6. The summed E-state index contributed by atoms with van der Waals surface area (Å²) in [6.45, 7) is 4.38. The van der Waals surface area contributed by atoms with E-state index in [0.29, 0.717) is 5.69 Å². The number of nitrogens with zero attached hydrogens (tertiary/aromatic N) is 1. The summed E-state index contributed by atoms with van der Waals surface area (Å²) in [5.74, 6) is -3.61. The lowest BCUT2D eigenvalue weighted by atomic mass is 9.66. The van der Waals surface area contributed by atoms with Crippen molar-refractivity contribution >= 4 is 29.6 Å². The lowest BCUT2D eigenvalue weighted by molar-refractivity contribution is -0.147. The van der Waals surface area contributed by atoms with E-state index in [0.717, 1.165) is 7.11 Å². The van der Waals surface area contributed by atoms with Crippen LogP contribution in [-0.2, 0) is 43.5 Å². The van der Waals surface area contributed by atoms with Gasteiger partial charge in [-0.05, 0) is 26.8 Å². The van der Waals surface area contributed by atoms with Crippen LogP contribution < -0.4 is 10.6 Å². The van der Waals surface area contributed by atoms with Crippen LogP contribution in [0.1, 0.15) is 26.3 Å². The minimum absolute atomic E-state index is 0.0222. The van der Waals surface area contributed by atoms with Crippen LogP contribution in [-0.4, -0.2) is 50.7 Å². The second-order valence-electron chi connectivity index (χ2n) is 7.46. The molecule has 0 bridgehead atoms. The maximum absolute atomic E-state index is 13.4. The molecule has 2 N–H and O–H groups in total. The summed E-state index contributed by atoms with van der Waals surface area (Å²) in [5.41, 5.74) is 4.35. The van der Waals surface area contributed by atoms with E-state index in [1.54, 1.807) is 38.1 Å². The quantitative estimate of drug-likeness (QED) is 0.518. The number of methoxy groups -OCH3 is 2. The molecule has 1 aromatic rings. The summed E-state index contributed by atoms with van der Waals surface area (Å²) in [5, 5.41) is 0. The Morgan fingerprint density at radius 1 is 1.09 bits per heavy atom. The molecule has 3 rings (SSSR count). The number of nitrogens with two attached hydrogens (primary N) is 1. The number of fused-ring (bicyclic) bond motifs is 2. The number of carbonyl (C=O) groups excluding carboxylic acids is 4. The van der Waals surface area contributed by atoms with E-state index in [1.807, 2.05) is 0 Å². The van der Waals surface area contributed by atoms with Gasteiger partial charge in [-0.3, -0.25) is 4.79 Å². The van der Waals surface area contributed by atoms with Gasteiger partial charge in [0.25, 0.3) is 0 Å². The molecule has 0 aromatic heterocycles. The Hall–Kier alpha value is -3.82. The molecule has 1 aromatic carbocycles. The van der Waals surface area contributed by atoms with Crippen molar-refractivity contribution in [2.75, 3.05) is 25.7 Å². The van der Waals surface area contributed by atoms with E-state index in [9.17, 15) is 19.2 Å². The van der Waals surface area contributed by atoms with Crippen molar-refractivity contribution in [1.82, 2.24) is 0 Å². The van der Waals surface area contributed by atoms with E-state index >= 15 is 0 Å². The summed E-state index contributed by atoms with van der Waals surface area (Å²) >= 11 is 0. The fourth-order valence-electron chi connectivity index (χ4n) is 4.02. The van der Waals surface area contributed by atoms with Crippen molar-refractivity contribution in [3.63, 3.8) is 0 Å². The minimum Gasteiger partial charge on any atom is -0.468 e. The average Bonchev–Trinajstić information content (AvgIpc) is 3.00. The number of allylic oxidation sites excluding steroid dienone is 1. The number of rotatable bonds is 5. The zero-order chi connectivity index (χ0) is 23.8. The third-order valence-electron chi connectivity index (χ3n) is 5.25. The number of para-hydroxylation sites is 1. The number of anilines is 1. The average molecular weight is 444 g/mol. The van der Waals surface area contributed by atoms with Crippen molar-refractivity contribution in [1.29, 1.82) is 0 Å². The van der Waals surface area contributed by atoms with E-state index in [4.69, 9.17) is 24.7 Å². The fraction of sp³-hybridized carbons (Fsp3) is 0.364. The molecule has 0 saturated carbocycles. The molecule has 0 amide bonds. The highest BCUT2D eigenvalue weighted by Gasteiger charge is 2.63. The molecule has 0 fully saturated rings. The smallest absolute Gasteiger partial charge is 0.339 e. The molecule has 1 spiro atoms. The van der Waals surface area contributed by atoms with Crippen molar-refractivity contribution in [2.24, 2.45) is 5.73 Å². The summed E-state index contributed by atoms with van der Waals surface area (Å²) in [6, 6.07) is 6.45. The van der Waals surface area contributed by atoms with Crippen LogP contribution in [0.2, 0.25) is 0 Å². The predicted molar refractivity (Wildman–Crippen MR) is 111 cm³/mol. The van der Waals surface area contributed by atoms with Gasteiger partial charge in [-0.15, -0.1) is 0 Å². The first-order valence-corrected chi connectivity index (χ1v) is 9.78. The first kappa shape index (κ1) is 22.9. The van der Waals surface area contributed by atoms with E-state index in [-0.39, 0.29) is 34.8 Å². The van der Waals surface area contributed by atoms with Gasteiger partial charge >= 0.3 is 23.9 Å². The topological polar surface area (TPSA) is 134 Å². The summed E-state index contributed by atoms with van der Waals surface area (Å²) in [4.78, 5) is 53.0. The SMILES string of the molecule is COC(=O)CN1C(N)=C(C(=O)OC)[C@]2(C(=O)OC(C)=C2C(=O)OC(C)C)c2ccccc21. The van der Waals surface area contributed by atoms with Gasteiger partial charge in [-0.25, -0.2) is 14.4 Å². The molecule has 10 nitrogen and oxygen atoms in total. The second kappa shape index (κ2) is 8.37. The first-order valence-electron chi connectivity index (χ1n) is 9.78. The third kappa shape index (κ3) is 3.28. The van der Waals surface area contributed by atoms with Crippen LogP contribution in [0.25, 0.3) is 0 Å². The van der Waals surface area contributed by atoms with Gasteiger partial charge in [0.1, 0.15) is 29.3 Å². The van der Waals surface area contributed by atoms with Crippen LogP contribution in [0.4, 0.5) is 5.69 Å². The van der Waals surface area contributed by atoms with Gasteiger partial charge in [0.15, 0.2) is 5.41 Å². The molecule has 1 atom stereocenters. The van der Waals surface area contributed by atoms with Gasteiger partial charge < -0.3 is 29.6 Å². The number of benzene rings is 1. The Balaban J connectivity index is 2.41. The number of esters is 4. The van der Waals surface area contributed by atoms with Gasteiger partial charge in [0, 0.05) is 11.3 Å². The highest BCUT2D eigenvalue weighted by Crippen LogP contribution is 2.54.